The summed E-state index contributed by atoms with van der Waals surface area (Å²) in [5.41, 5.74) is 0. The van der Waals surface area contributed by atoms with Gasteiger partial charge in [0.2, 0.25) is 0 Å². The summed E-state index contributed by atoms with van der Waals surface area (Å²) in [6, 6.07) is 0.0654. The molecule has 1 aliphatic heterocycles. The van der Waals surface area contributed by atoms with Crippen molar-refractivity contribution >= 4 is 9.84 Å². The van der Waals surface area contributed by atoms with E-state index in [1.807, 2.05) is 7.05 Å². The molecule has 0 spiro atoms. The maximum Gasteiger partial charge on any atom is 0.159 e. The Morgan fingerprint density at radius 1 is 1.12 bits per heavy atom. The monoisotopic (exact) mass is 261 g/mol. The van der Waals surface area contributed by atoms with E-state index in [1.54, 1.807) is 0 Å². The predicted molar refractivity (Wildman–Crippen MR) is 67.9 cm³/mol. The van der Waals surface area contributed by atoms with Crippen molar-refractivity contribution in [1.29, 1.82) is 0 Å². The van der Waals surface area contributed by atoms with Crippen LogP contribution < -0.4 is 5.32 Å². The molecule has 0 amide bonds. The van der Waals surface area contributed by atoms with Crippen LogP contribution in [0.15, 0.2) is 0 Å². The Kier molecular flexibility index (Phi) is 4.44. The first kappa shape index (κ1) is 13.3. The number of nitrogens with one attached hydrogen (secondary N) is 1. The first-order chi connectivity index (χ1) is 8.16. The number of hydrogen-bond acceptors (Lipinski definition) is 4. The fourth-order valence-electron chi connectivity index (χ4n) is 3.01. The average Bonchev–Trinajstić information content (AvgIpc) is 2.39. The minimum atomic E-state index is -3.03. The van der Waals surface area contributed by atoms with E-state index >= 15 is 0 Å². The normalized spacial score (nSPS) is 32.5. The van der Waals surface area contributed by atoms with Crippen LogP contribution in [-0.2, 0) is 14.6 Å². The Morgan fingerprint density at radius 3 is 2.47 bits per heavy atom. The van der Waals surface area contributed by atoms with Gasteiger partial charge in [0.05, 0.1) is 11.9 Å². The zero-order valence-corrected chi connectivity index (χ0v) is 11.3. The van der Waals surface area contributed by atoms with Crippen LogP contribution in [0, 0.1) is 0 Å². The molecule has 2 aliphatic rings. The zero-order chi connectivity index (χ0) is 12.3. The van der Waals surface area contributed by atoms with Gasteiger partial charge >= 0.3 is 0 Å². The summed E-state index contributed by atoms with van der Waals surface area (Å²) in [7, 11) is -1.19. The Hall–Kier alpha value is -0.130. The Balaban J connectivity index is 2.11. The van der Waals surface area contributed by atoms with E-state index in [9.17, 15) is 8.42 Å². The molecular formula is C12H23NO3S. The molecule has 1 N–H and O–H groups in total. The number of sulfone groups is 1. The number of rotatable bonds is 3. The fraction of sp³-hybridized carbons (Fsp3) is 1.00. The van der Waals surface area contributed by atoms with Gasteiger partial charge in [-0.2, -0.15) is 0 Å². The van der Waals surface area contributed by atoms with Crippen LogP contribution >= 0.6 is 0 Å². The van der Waals surface area contributed by atoms with E-state index in [2.05, 4.69) is 5.32 Å². The summed E-state index contributed by atoms with van der Waals surface area (Å²) in [6.45, 7) is 1.03. The lowest BCUT2D eigenvalue weighted by Gasteiger charge is -2.34. The number of ether oxygens (including phenoxy) is 1. The first-order valence-corrected chi connectivity index (χ1v) is 8.25. The van der Waals surface area contributed by atoms with Crippen molar-refractivity contribution in [1.82, 2.24) is 5.32 Å². The number of hydrogen-bond donors (Lipinski definition) is 1. The minimum Gasteiger partial charge on any atom is -0.380 e. The molecule has 2 unspecified atom stereocenters. The maximum absolute atomic E-state index is 12.6. The second kappa shape index (κ2) is 5.67. The third-order valence-corrected chi connectivity index (χ3v) is 6.82. The molecule has 2 atom stereocenters. The standard InChI is InChI=1S/C12H23NO3S/c1-13-11-7-8-16-9-12(11)17(14,15)10-5-3-2-4-6-10/h10-13H,2-9H2,1H3. The molecule has 4 nitrogen and oxygen atoms in total. The maximum atomic E-state index is 12.6. The summed E-state index contributed by atoms with van der Waals surface area (Å²) in [4.78, 5) is 0. The lowest BCUT2D eigenvalue weighted by atomic mass is 10.0. The molecule has 2 rings (SSSR count). The van der Waals surface area contributed by atoms with Crippen LogP contribution in [0.25, 0.3) is 0 Å². The summed E-state index contributed by atoms with van der Waals surface area (Å²) in [5, 5.41) is 2.67. The van der Waals surface area contributed by atoms with Crippen molar-refractivity contribution in [2.75, 3.05) is 20.3 Å². The zero-order valence-electron chi connectivity index (χ0n) is 10.5. The van der Waals surface area contributed by atoms with Crippen LogP contribution in [0.4, 0.5) is 0 Å². The van der Waals surface area contributed by atoms with Crippen LogP contribution in [-0.4, -0.2) is 45.2 Å². The van der Waals surface area contributed by atoms with Crippen molar-refractivity contribution in [2.24, 2.45) is 0 Å². The topological polar surface area (TPSA) is 55.4 Å². The van der Waals surface area contributed by atoms with Crippen molar-refractivity contribution in [2.45, 2.75) is 55.1 Å². The van der Waals surface area contributed by atoms with Gasteiger partial charge in [-0.25, -0.2) is 8.42 Å². The molecule has 0 bridgehead atoms. The SMILES string of the molecule is CNC1CCOCC1S(=O)(=O)C1CCCCC1. The predicted octanol–water partition coefficient (Wildman–Crippen LogP) is 1.11. The van der Waals surface area contributed by atoms with Gasteiger partial charge in [0.15, 0.2) is 9.84 Å². The molecule has 2 fully saturated rings. The van der Waals surface area contributed by atoms with Crippen molar-refractivity contribution < 1.29 is 13.2 Å². The van der Waals surface area contributed by atoms with E-state index in [4.69, 9.17) is 4.74 Å². The molecule has 5 heteroatoms. The van der Waals surface area contributed by atoms with Crippen molar-refractivity contribution in [3.05, 3.63) is 0 Å². The van der Waals surface area contributed by atoms with Gasteiger partial charge in [-0.05, 0) is 26.3 Å². The molecule has 1 saturated heterocycles. The molecule has 0 aromatic rings. The highest BCUT2D eigenvalue weighted by Crippen LogP contribution is 2.29. The largest absolute Gasteiger partial charge is 0.380 e. The van der Waals surface area contributed by atoms with Gasteiger partial charge in [-0.15, -0.1) is 0 Å². The second-order valence-electron chi connectivity index (χ2n) is 5.15. The van der Waals surface area contributed by atoms with Crippen molar-refractivity contribution in [3.8, 4) is 0 Å². The van der Waals surface area contributed by atoms with E-state index < -0.39 is 9.84 Å². The lowest BCUT2D eigenvalue weighted by molar-refractivity contribution is 0.0821. The highest BCUT2D eigenvalue weighted by atomic mass is 32.2. The minimum absolute atomic E-state index is 0.0654. The Morgan fingerprint density at radius 2 is 1.82 bits per heavy atom. The summed E-state index contributed by atoms with van der Waals surface area (Å²) in [6.07, 6.45) is 5.78. The van der Waals surface area contributed by atoms with Crippen LogP contribution in [0.1, 0.15) is 38.5 Å². The Bertz CT molecular complexity index is 336. The molecule has 0 aromatic heterocycles. The molecule has 1 aliphatic carbocycles. The van der Waals surface area contributed by atoms with E-state index in [0.717, 1.165) is 32.1 Å². The average molecular weight is 261 g/mol. The Labute approximate surface area is 104 Å². The summed E-state index contributed by atoms with van der Waals surface area (Å²) in [5.74, 6) is 0. The first-order valence-electron chi connectivity index (χ1n) is 6.64. The van der Waals surface area contributed by atoms with E-state index in [-0.39, 0.29) is 16.5 Å². The van der Waals surface area contributed by atoms with Crippen LogP contribution in [0.5, 0.6) is 0 Å². The molecule has 0 aromatic carbocycles. The summed E-state index contributed by atoms with van der Waals surface area (Å²) >= 11 is 0. The van der Waals surface area contributed by atoms with Crippen LogP contribution in [0.2, 0.25) is 0 Å². The smallest absolute Gasteiger partial charge is 0.159 e. The summed E-state index contributed by atoms with van der Waals surface area (Å²) < 4.78 is 30.6. The molecule has 17 heavy (non-hydrogen) atoms. The third kappa shape index (κ3) is 2.83. The second-order valence-corrected chi connectivity index (χ2v) is 7.60. The lowest BCUT2D eigenvalue weighted by Crippen LogP contribution is -2.52. The van der Waals surface area contributed by atoms with Crippen LogP contribution in [0.3, 0.4) is 0 Å². The molecule has 100 valence electrons. The third-order valence-electron chi connectivity index (χ3n) is 4.11. The molecular weight excluding hydrogens is 238 g/mol. The van der Waals surface area contributed by atoms with Gasteiger partial charge in [-0.3, -0.25) is 0 Å². The van der Waals surface area contributed by atoms with Gasteiger partial charge < -0.3 is 10.1 Å². The van der Waals surface area contributed by atoms with Gasteiger partial charge in [0.1, 0.15) is 5.25 Å². The highest BCUT2D eigenvalue weighted by molar-refractivity contribution is 7.92. The van der Waals surface area contributed by atoms with E-state index in [0.29, 0.717) is 13.2 Å². The fourth-order valence-corrected chi connectivity index (χ4v) is 5.51. The molecule has 1 saturated carbocycles. The van der Waals surface area contributed by atoms with Gasteiger partial charge in [-0.1, -0.05) is 19.3 Å². The van der Waals surface area contributed by atoms with Gasteiger partial charge in [0, 0.05) is 12.6 Å². The molecule has 0 radical (unpaired) electrons. The van der Waals surface area contributed by atoms with Crippen molar-refractivity contribution in [3.63, 3.8) is 0 Å². The highest BCUT2D eigenvalue weighted by Gasteiger charge is 2.40. The van der Waals surface area contributed by atoms with Gasteiger partial charge in [0.25, 0.3) is 0 Å². The molecule has 1 heterocycles. The van der Waals surface area contributed by atoms with E-state index in [1.165, 1.54) is 6.42 Å². The quantitative estimate of drug-likeness (QED) is 0.827.